The molecule has 0 saturated carbocycles. The van der Waals surface area contributed by atoms with Crippen molar-refractivity contribution < 1.29 is 4.11 Å². The van der Waals surface area contributed by atoms with Gasteiger partial charge in [0.25, 0.3) is 0 Å². The molecule has 0 rings (SSSR count). The van der Waals surface area contributed by atoms with Crippen LogP contribution < -0.4 is 0 Å². The Morgan fingerprint density at radius 1 is 1.80 bits per heavy atom. The Morgan fingerprint density at radius 3 is 2.40 bits per heavy atom. The van der Waals surface area contributed by atoms with Crippen LogP contribution in [0.4, 0.5) is 4.11 Å². The van der Waals surface area contributed by atoms with Crippen molar-refractivity contribution in [1.82, 2.24) is 0 Å². The quantitative estimate of drug-likeness (QED) is 0.350. The Hall–Kier alpha value is 0.147. The van der Waals surface area contributed by atoms with Crippen molar-refractivity contribution in [3.63, 3.8) is 0 Å². The molecule has 5 heavy (non-hydrogen) atoms. The lowest BCUT2D eigenvalue weighted by atomic mass is 10.6. The molecule has 2 heteroatoms. The number of halogens is 1. The summed E-state index contributed by atoms with van der Waals surface area (Å²) in [4.78, 5) is 0. The van der Waals surface area contributed by atoms with E-state index in [2.05, 4.69) is 0 Å². The van der Waals surface area contributed by atoms with Gasteiger partial charge < -0.3 is 4.11 Å². The SMILES string of the molecule is CCC[SiH2]F. The molecule has 0 atom stereocenters. The predicted octanol–water partition coefficient (Wildman–Crippen LogP) is 0.868. The number of hydrogen-bond donors (Lipinski definition) is 0. The predicted molar refractivity (Wildman–Crippen MR) is 24.7 cm³/mol. The van der Waals surface area contributed by atoms with Gasteiger partial charge in [0.05, 0.1) is 0 Å². The first-order chi connectivity index (χ1) is 2.41. The van der Waals surface area contributed by atoms with E-state index in [1.165, 1.54) is 0 Å². The lowest BCUT2D eigenvalue weighted by molar-refractivity contribution is 0.845. The second-order valence-electron chi connectivity index (χ2n) is 1.04. The van der Waals surface area contributed by atoms with Crippen LogP contribution >= 0.6 is 0 Å². The summed E-state index contributed by atoms with van der Waals surface area (Å²) in [6.45, 7) is 2.01. The largest absolute Gasteiger partial charge is 0.323 e. The van der Waals surface area contributed by atoms with Crippen LogP contribution in [0.5, 0.6) is 0 Å². The molecule has 0 aromatic carbocycles. The van der Waals surface area contributed by atoms with Gasteiger partial charge in [-0.25, -0.2) is 0 Å². The zero-order chi connectivity index (χ0) is 4.12. The summed E-state index contributed by atoms with van der Waals surface area (Å²) >= 11 is 0. The van der Waals surface area contributed by atoms with Gasteiger partial charge in [-0.3, -0.25) is 0 Å². The van der Waals surface area contributed by atoms with Crippen molar-refractivity contribution in [3.8, 4) is 0 Å². The maximum Gasteiger partial charge on any atom is 0.216 e. The number of rotatable bonds is 2. The second kappa shape index (κ2) is 4.15. The fourth-order valence-corrected chi connectivity index (χ4v) is 0.401. The highest BCUT2D eigenvalue weighted by Gasteiger charge is 1.74. The molecule has 0 unspecified atom stereocenters. The van der Waals surface area contributed by atoms with Gasteiger partial charge in [-0.2, -0.15) is 0 Å². The fraction of sp³-hybridized carbons (Fsp3) is 1.00. The van der Waals surface area contributed by atoms with Crippen LogP contribution in [0.1, 0.15) is 13.3 Å². The van der Waals surface area contributed by atoms with Crippen LogP contribution in [-0.4, -0.2) is 9.85 Å². The van der Waals surface area contributed by atoms with Gasteiger partial charge in [-0.1, -0.05) is 13.3 Å². The maximum absolute atomic E-state index is 11.1. The van der Waals surface area contributed by atoms with E-state index in [9.17, 15) is 4.11 Å². The van der Waals surface area contributed by atoms with Gasteiger partial charge in [-0.15, -0.1) is 0 Å². The van der Waals surface area contributed by atoms with Gasteiger partial charge in [0.2, 0.25) is 9.85 Å². The van der Waals surface area contributed by atoms with E-state index >= 15 is 0 Å². The van der Waals surface area contributed by atoms with E-state index in [-0.39, 0.29) is 0 Å². The second-order valence-corrected chi connectivity index (χ2v) is 2.13. The highest BCUT2D eigenvalue weighted by molar-refractivity contribution is 6.25. The lowest BCUT2D eigenvalue weighted by Crippen LogP contribution is -1.71. The van der Waals surface area contributed by atoms with Crippen molar-refractivity contribution in [1.29, 1.82) is 0 Å². The van der Waals surface area contributed by atoms with Gasteiger partial charge in [0, 0.05) is 0 Å². The summed E-state index contributed by atoms with van der Waals surface area (Å²) < 4.78 is 11.1. The minimum Gasteiger partial charge on any atom is -0.323 e. The Labute approximate surface area is 34.4 Å². The molecule has 0 amide bonds. The van der Waals surface area contributed by atoms with Crippen LogP contribution in [0.3, 0.4) is 0 Å². The Morgan fingerprint density at radius 2 is 2.40 bits per heavy atom. The molecule has 0 aliphatic carbocycles. The van der Waals surface area contributed by atoms with Crippen molar-refractivity contribution >= 4 is 9.85 Å². The van der Waals surface area contributed by atoms with E-state index in [0.29, 0.717) is 0 Å². The van der Waals surface area contributed by atoms with Crippen LogP contribution in [-0.2, 0) is 0 Å². The molecular formula is C3H9FSi. The summed E-state index contributed by atoms with van der Waals surface area (Å²) in [6.07, 6.45) is 1.03. The lowest BCUT2D eigenvalue weighted by Gasteiger charge is -1.74. The van der Waals surface area contributed by atoms with E-state index in [1.807, 2.05) is 6.92 Å². The molecule has 0 bridgehead atoms. The van der Waals surface area contributed by atoms with Gasteiger partial charge in [-0.05, 0) is 6.04 Å². The fourth-order valence-electron chi connectivity index (χ4n) is 0.134. The highest BCUT2D eigenvalue weighted by Crippen LogP contribution is 1.82. The van der Waals surface area contributed by atoms with Crippen molar-refractivity contribution in [2.45, 2.75) is 19.4 Å². The molecule has 0 heterocycles. The average Bonchev–Trinajstić information content (AvgIpc) is 1.41. The molecule has 32 valence electrons. The van der Waals surface area contributed by atoms with Crippen LogP contribution in [0.15, 0.2) is 0 Å². The third-order valence-corrected chi connectivity index (χ3v) is 1.46. The number of hydrogen-bond acceptors (Lipinski definition) is 0. The van der Waals surface area contributed by atoms with Crippen molar-refractivity contribution in [2.24, 2.45) is 0 Å². The van der Waals surface area contributed by atoms with Crippen LogP contribution in [0.2, 0.25) is 6.04 Å². The van der Waals surface area contributed by atoms with Crippen molar-refractivity contribution in [3.05, 3.63) is 0 Å². The first kappa shape index (κ1) is 5.15. The van der Waals surface area contributed by atoms with E-state index in [4.69, 9.17) is 0 Å². The Kier molecular flexibility index (Phi) is 4.27. The van der Waals surface area contributed by atoms with E-state index in [1.54, 1.807) is 0 Å². The molecular weight excluding hydrogens is 83.1 g/mol. The topological polar surface area (TPSA) is 0 Å². The molecule has 0 aliphatic heterocycles. The molecule has 0 nitrogen and oxygen atoms in total. The minimum atomic E-state index is -1.09. The van der Waals surface area contributed by atoms with Crippen LogP contribution in [0.25, 0.3) is 0 Å². The third-order valence-electron chi connectivity index (χ3n) is 0.487. The van der Waals surface area contributed by atoms with Crippen molar-refractivity contribution in [2.75, 3.05) is 0 Å². The molecule has 0 N–H and O–H groups in total. The molecule has 0 radical (unpaired) electrons. The third kappa shape index (κ3) is 4.15. The molecule has 0 saturated heterocycles. The zero-order valence-corrected chi connectivity index (χ0v) is 4.91. The monoisotopic (exact) mass is 92.0 g/mol. The van der Waals surface area contributed by atoms with Gasteiger partial charge in [0.15, 0.2) is 0 Å². The Bertz CT molecular complexity index is 14.4. The van der Waals surface area contributed by atoms with E-state index < -0.39 is 9.85 Å². The highest BCUT2D eigenvalue weighted by atomic mass is 28.3. The normalized spacial score (nSPS) is 10.8. The molecule has 0 fully saturated rings. The maximum atomic E-state index is 11.1. The first-order valence-electron chi connectivity index (χ1n) is 1.97. The van der Waals surface area contributed by atoms with Gasteiger partial charge >= 0.3 is 0 Å². The van der Waals surface area contributed by atoms with E-state index in [0.717, 1.165) is 12.5 Å². The summed E-state index contributed by atoms with van der Waals surface area (Å²) in [7, 11) is -1.09. The summed E-state index contributed by atoms with van der Waals surface area (Å²) in [5.41, 5.74) is 0. The standard InChI is InChI=1S/C3H9FSi/c1-2-3-5-4/h2-3,5H2,1H3. The summed E-state index contributed by atoms with van der Waals surface area (Å²) in [6, 6.07) is 0.861. The smallest absolute Gasteiger partial charge is 0.216 e. The van der Waals surface area contributed by atoms with Crippen LogP contribution in [0, 0.1) is 0 Å². The summed E-state index contributed by atoms with van der Waals surface area (Å²) in [5, 5.41) is 0. The molecule has 0 aliphatic rings. The molecule has 0 aromatic heterocycles. The molecule has 0 aromatic rings. The Balaban J connectivity index is 2.19. The summed E-state index contributed by atoms with van der Waals surface area (Å²) in [5.74, 6) is 0. The minimum absolute atomic E-state index is 0.861. The molecule has 0 spiro atoms. The van der Waals surface area contributed by atoms with Gasteiger partial charge in [0.1, 0.15) is 0 Å². The first-order valence-corrected chi connectivity index (χ1v) is 3.51. The zero-order valence-electron chi connectivity index (χ0n) is 3.50. The average molecular weight is 92.2 g/mol.